The summed E-state index contributed by atoms with van der Waals surface area (Å²) in [5.41, 5.74) is 0. The molecular weight excluding hydrogens is 330 g/mol. The van der Waals surface area contributed by atoms with Crippen LogP contribution in [0.1, 0.15) is 51.9 Å². The van der Waals surface area contributed by atoms with Crippen LogP contribution in [0.5, 0.6) is 0 Å². The molecule has 0 bridgehead atoms. The van der Waals surface area contributed by atoms with E-state index in [1.165, 1.54) is 4.31 Å². The van der Waals surface area contributed by atoms with Crippen LogP contribution in [0.3, 0.4) is 0 Å². The van der Waals surface area contributed by atoms with E-state index in [1.54, 1.807) is 0 Å². The molecule has 1 saturated carbocycles. The zero-order valence-electron chi connectivity index (χ0n) is 14.4. The second-order valence-electron chi connectivity index (χ2n) is 6.76. The number of amides is 2. The lowest BCUT2D eigenvalue weighted by atomic mass is 10.1. The highest BCUT2D eigenvalue weighted by molar-refractivity contribution is 7.89. The van der Waals surface area contributed by atoms with Gasteiger partial charge in [-0.1, -0.05) is 19.8 Å². The molecule has 2 amide bonds. The molecule has 2 N–H and O–H groups in total. The number of carbonyl (C=O) groups excluding carboxylic acids is 2. The highest BCUT2D eigenvalue weighted by Gasteiger charge is 2.28. The fourth-order valence-electron chi connectivity index (χ4n) is 3.44. The Hall–Kier alpha value is -1.15. The topological polar surface area (TPSA) is 95.6 Å². The van der Waals surface area contributed by atoms with Crippen LogP contribution in [0, 0.1) is 5.92 Å². The van der Waals surface area contributed by atoms with Gasteiger partial charge in [0.2, 0.25) is 21.8 Å². The third-order valence-electron chi connectivity index (χ3n) is 4.82. The van der Waals surface area contributed by atoms with Crippen molar-refractivity contribution in [3.8, 4) is 0 Å². The molecule has 2 aliphatic rings. The van der Waals surface area contributed by atoms with E-state index in [4.69, 9.17) is 0 Å². The summed E-state index contributed by atoms with van der Waals surface area (Å²) < 4.78 is 25.5. The number of nitrogens with zero attached hydrogens (tertiary/aromatic N) is 1. The number of nitrogens with one attached hydrogen (secondary N) is 2. The molecule has 0 radical (unpaired) electrons. The van der Waals surface area contributed by atoms with Crippen molar-refractivity contribution >= 4 is 21.8 Å². The summed E-state index contributed by atoms with van der Waals surface area (Å²) in [7, 11) is -3.15. The maximum atomic E-state index is 12.0. The lowest BCUT2D eigenvalue weighted by Gasteiger charge is -2.31. The van der Waals surface area contributed by atoms with Crippen LogP contribution < -0.4 is 10.6 Å². The van der Waals surface area contributed by atoms with Gasteiger partial charge in [0.15, 0.2) is 0 Å². The van der Waals surface area contributed by atoms with Crippen molar-refractivity contribution in [1.29, 1.82) is 0 Å². The van der Waals surface area contributed by atoms with Crippen LogP contribution >= 0.6 is 0 Å². The van der Waals surface area contributed by atoms with Crippen LogP contribution in [0.25, 0.3) is 0 Å². The van der Waals surface area contributed by atoms with Gasteiger partial charge in [0.05, 0.1) is 12.3 Å². The zero-order chi connectivity index (χ0) is 17.6. The molecule has 0 unspecified atom stereocenters. The summed E-state index contributed by atoms with van der Waals surface area (Å²) in [5, 5.41) is 5.60. The Labute approximate surface area is 144 Å². The quantitative estimate of drug-likeness (QED) is 0.696. The summed E-state index contributed by atoms with van der Waals surface area (Å²) in [6, 6.07) is -0.0195. The van der Waals surface area contributed by atoms with E-state index < -0.39 is 10.0 Å². The minimum absolute atomic E-state index is 0.00365. The third kappa shape index (κ3) is 5.44. The maximum absolute atomic E-state index is 12.0. The van der Waals surface area contributed by atoms with E-state index in [9.17, 15) is 18.0 Å². The van der Waals surface area contributed by atoms with Gasteiger partial charge in [-0.15, -0.1) is 0 Å². The minimum atomic E-state index is -3.15. The Kier molecular flexibility index (Phi) is 7.03. The van der Waals surface area contributed by atoms with Crippen LogP contribution in [0.4, 0.5) is 0 Å². The molecule has 0 spiro atoms. The smallest absolute Gasteiger partial charge is 0.239 e. The van der Waals surface area contributed by atoms with Crippen LogP contribution in [0.2, 0.25) is 0 Å². The van der Waals surface area contributed by atoms with Crippen molar-refractivity contribution in [1.82, 2.24) is 14.9 Å². The fourth-order valence-corrected chi connectivity index (χ4v) is 4.99. The largest absolute Gasteiger partial charge is 0.352 e. The molecule has 0 aromatic rings. The molecule has 0 aromatic carbocycles. The summed E-state index contributed by atoms with van der Waals surface area (Å²) in [4.78, 5) is 23.8. The predicted octanol–water partition coefficient (Wildman–Crippen LogP) is 0.613. The number of carbonyl (C=O) groups is 2. The zero-order valence-corrected chi connectivity index (χ0v) is 15.2. The Bertz CT molecular complexity index is 536. The maximum Gasteiger partial charge on any atom is 0.239 e. The van der Waals surface area contributed by atoms with E-state index in [2.05, 4.69) is 10.6 Å². The van der Waals surface area contributed by atoms with Crippen molar-refractivity contribution in [2.75, 3.05) is 25.4 Å². The van der Waals surface area contributed by atoms with Gasteiger partial charge in [-0.05, 0) is 32.1 Å². The highest BCUT2D eigenvalue weighted by atomic mass is 32.2. The van der Waals surface area contributed by atoms with Gasteiger partial charge in [0.1, 0.15) is 0 Å². The summed E-state index contributed by atoms with van der Waals surface area (Å²) in [6.07, 6.45) is 5.85. The van der Waals surface area contributed by atoms with E-state index in [0.717, 1.165) is 25.7 Å². The minimum Gasteiger partial charge on any atom is -0.352 e. The van der Waals surface area contributed by atoms with E-state index in [1.807, 2.05) is 6.92 Å². The van der Waals surface area contributed by atoms with E-state index in [0.29, 0.717) is 32.4 Å². The molecule has 2 rings (SSSR count). The summed E-state index contributed by atoms with van der Waals surface area (Å²) in [6.45, 7) is 2.75. The van der Waals surface area contributed by atoms with Gasteiger partial charge in [0.25, 0.3) is 0 Å². The molecule has 0 atom stereocenters. The first-order chi connectivity index (χ1) is 11.4. The van der Waals surface area contributed by atoms with Crippen molar-refractivity contribution in [2.24, 2.45) is 5.92 Å². The number of sulfonamides is 1. The Balaban J connectivity index is 1.67. The predicted molar refractivity (Wildman–Crippen MR) is 91.8 cm³/mol. The lowest BCUT2D eigenvalue weighted by molar-refractivity contribution is -0.128. The van der Waals surface area contributed by atoms with Crippen LogP contribution in [0.15, 0.2) is 0 Å². The van der Waals surface area contributed by atoms with Crippen LogP contribution in [-0.2, 0) is 19.6 Å². The highest BCUT2D eigenvalue weighted by Crippen LogP contribution is 2.24. The Morgan fingerprint density at radius 3 is 2.29 bits per heavy atom. The van der Waals surface area contributed by atoms with Gasteiger partial charge in [-0.2, -0.15) is 0 Å². The molecule has 8 heteroatoms. The van der Waals surface area contributed by atoms with Crippen molar-refractivity contribution < 1.29 is 18.0 Å². The molecular formula is C16H29N3O4S. The molecule has 7 nitrogen and oxygen atoms in total. The Morgan fingerprint density at radius 1 is 1.08 bits per heavy atom. The summed E-state index contributed by atoms with van der Waals surface area (Å²) in [5.74, 6) is 0.0150. The van der Waals surface area contributed by atoms with Crippen molar-refractivity contribution in [3.05, 3.63) is 0 Å². The van der Waals surface area contributed by atoms with Gasteiger partial charge >= 0.3 is 0 Å². The molecule has 138 valence electrons. The molecule has 1 saturated heterocycles. The Morgan fingerprint density at radius 2 is 1.71 bits per heavy atom. The third-order valence-corrected chi connectivity index (χ3v) is 6.90. The fraction of sp³-hybridized carbons (Fsp3) is 0.875. The van der Waals surface area contributed by atoms with Gasteiger partial charge in [-0.3, -0.25) is 9.59 Å². The second-order valence-corrected chi connectivity index (χ2v) is 8.84. The van der Waals surface area contributed by atoms with Gasteiger partial charge < -0.3 is 10.6 Å². The standard InChI is InChI=1S/C16H29N3O4S/c1-2-11-24(22,23)19-9-7-14(8-10-19)18-15(20)12-17-16(21)13-5-3-4-6-13/h13-14H,2-12H2,1H3,(H,17,21)(H,18,20). The first kappa shape index (κ1) is 19.2. The SMILES string of the molecule is CCCS(=O)(=O)N1CCC(NC(=O)CNC(=O)C2CCCC2)CC1. The monoisotopic (exact) mass is 359 g/mol. The lowest BCUT2D eigenvalue weighted by Crippen LogP contribution is -2.49. The number of hydrogen-bond donors (Lipinski definition) is 2. The molecule has 1 aliphatic carbocycles. The number of rotatable bonds is 7. The number of piperidine rings is 1. The first-order valence-corrected chi connectivity index (χ1v) is 10.6. The van der Waals surface area contributed by atoms with Gasteiger partial charge in [-0.25, -0.2) is 12.7 Å². The molecule has 1 heterocycles. The summed E-state index contributed by atoms with van der Waals surface area (Å²) >= 11 is 0. The van der Waals surface area contributed by atoms with Crippen molar-refractivity contribution in [2.45, 2.75) is 57.9 Å². The molecule has 24 heavy (non-hydrogen) atoms. The van der Waals surface area contributed by atoms with Crippen molar-refractivity contribution in [3.63, 3.8) is 0 Å². The van der Waals surface area contributed by atoms with E-state index >= 15 is 0 Å². The molecule has 1 aliphatic heterocycles. The normalized spacial score (nSPS) is 20.9. The molecule has 0 aromatic heterocycles. The average Bonchev–Trinajstić information content (AvgIpc) is 3.07. The van der Waals surface area contributed by atoms with E-state index in [-0.39, 0.29) is 36.1 Å². The number of hydrogen-bond acceptors (Lipinski definition) is 4. The molecule has 2 fully saturated rings. The average molecular weight is 359 g/mol. The second kappa shape index (κ2) is 8.80. The van der Waals surface area contributed by atoms with Gasteiger partial charge in [0, 0.05) is 25.0 Å². The van der Waals surface area contributed by atoms with Crippen LogP contribution in [-0.4, -0.2) is 56.0 Å². The first-order valence-electron chi connectivity index (χ1n) is 8.97.